The van der Waals surface area contributed by atoms with Crippen LogP contribution in [0.2, 0.25) is 0 Å². The SMILES string of the molecule is CCCCC(CCC)NC(=O)c1ccnc(F)c1F. The van der Waals surface area contributed by atoms with E-state index in [2.05, 4.69) is 17.2 Å². The van der Waals surface area contributed by atoms with Crippen molar-refractivity contribution in [2.24, 2.45) is 0 Å². The number of carbonyl (C=O) groups is 1. The monoisotopic (exact) mass is 270 g/mol. The van der Waals surface area contributed by atoms with Crippen molar-refractivity contribution in [1.82, 2.24) is 10.3 Å². The highest BCUT2D eigenvalue weighted by molar-refractivity contribution is 5.94. The van der Waals surface area contributed by atoms with Gasteiger partial charge in [-0.1, -0.05) is 33.1 Å². The molecule has 3 nitrogen and oxygen atoms in total. The minimum absolute atomic E-state index is 0.00748. The molecule has 5 heteroatoms. The molecule has 1 rings (SSSR count). The molecule has 1 heterocycles. The van der Waals surface area contributed by atoms with Gasteiger partial charge in [0.05, 0.1) is 5.56 Å². The third kappa shape index (κ3) is 4.58. The van der Waals surface area contributed by atoms with Crippen molar-refractivity contribution < 1.29 is 13.6 Å². The summed E-state index contributed by atoms with van der Waals surface area (Å²) in [6, 6.07) is 1.20. The van der Waals surface area contributed by atoms with Gasteiger partial charge in [-0.3, -0.25) is 4.79 Å². The minimum atomic E-state index is -1.24. The number of unbranched alkanes of at least 4 members (excludes halogenated alkanes) is 1. The summed E-state index contributed by atoms with van der Waals surface area (Å²) < 4.78 is 26.4. The Kier molecular flexibility index (Phi) is 6.39. The van der Waals surface area contributed by atoms with Crippen LogP contribution in [0.1, 0.15) is 56.3 Å². The second kappa shape index (κ2) is 7.81. The standard InChI is InChI=1S/C14H20F2N2O/c1-3-5-7-10(6-4-2)18-14(19)11-8-9-17-13(16)12(11)15/h8-10H,3-7H2,1-2H3,(H,18,19). The second-order valence-corrected chi connectivity index (χ2v) is 4.56. The Balaban J connectivity index is 2.72. The maximum atomic E-state index is 13.4. The molecule has 0 aliphatic rings. The summed E-state index contributed by atoms with van der Waals surface area (Å²) in [5.74, 6) is -3.01. The Morgan fingerprint density at radius 2 is 2.05 bits per heavy atom. The third-order valence-electron chi connectivity index (χ3n) is 2.97. The van der Waals surface area contributed by atoms with E-state index >= 15 is 0 Å². The summed E-state index contributed by atoms with van der Waals surface area (Å²) in [6.07, 6.45) is 5.74. The number of amides is 1. The van der Waals surface area contributed by atoms with Gasteiger partial charge in [0.15, 0.2) is 5.82 Å². The molecule has 1 aromatic heterocycles. The molecule has 106 valence electrons. The lowest BCUT2D eigenvalue weighted by Crippen LogP contribution is -2.35. The summed E-state index contributed by atoms with van der Waals surface area (Å²) in [6.45, 7) is 4.10. The molecule has 0 aliphatic carbocycles. The number of hydrogen-bond donors (Lipinski definition) is 1. The molecule has 1 aromatic rings. The lowest BCUT2D eigenvalue weighted by atomic mass is 10.0. The van der Waals surface area contributed by atoms with Gasteiger partial charge in [0.1, 0.15) is 0 Å². The Bertz CT molecular complexity index is 424. The van der Waals surface area contributed by atoms with Crippen LogP contribution < -0.4 is 5.32 Å². The zero-order valence-electron chi connectivity index (χ0n) is 11.4. The van der Waals surface area contributed by atoms with Crippen LogP contribution in [-0.2, 0) is 0 Å². The van der Waals surface area contributed by atoms with Crippen molar-refractivity contribution in [1.29, 1.82) is 0 Å². The quantitative estimate of drug-likeness (QED) is 0.771. The molecular weight excluding hydrogens is 250 g/mol. The van der Waals surface area contributed by atoms with Crippen LogP contribution in [-0.4, -0.2) is 16.9 Å². The number of hydrogen-bond acceptors (Lipinski definition) is 2. The lowest BCUT2D eigenvalue weighted by molar-refractivity contribution is 0.0926. The van der Waals surface area contributed by atoms with Gasteiger partial charge in [-0.05, 0) is 18.9 Å². The number of nitrogens with one attached hydrogen (secondary N) is 1. The summed E-state index contributed by atoms with van der Waals surface area (Å²) >= 11 is 0. The van der Waals surface area contributed by atoms with Gasteiger partial charge in [-0.2, -0.15) is 4.39 Å². The first kappa shape index (κ1) is 15.5. The van der Waals surface area contributed by atoms with Crippen LogP contribution >= 0.6 is 0 Å². The van der Waals surface area contributed by atoms with Crippen LogP contribution in [0.25, 0.3) is 0 Å². The number of pyridine rings is 1. The summed E-state index contributed by atoms with van der Waals surface area (Å²) in [5, 5.41) is 2.76. The molecule has 0 aliphatic heterocycles. The van der Waals surface area contributed by atoms with E-state index in [0.717, 1.165) is 38.3 Å². The van der Waals surface area contributed by atoms with Gasteiger partial charge in [0.25, 0.3) is 5.91 Å². The topological polar surface area (TPSA) is 42.0 Å². The molecular formula is C14H20F2N2O. The summed E-state index contributed by atoms with van der Waals surface area (Å²) in [5.41, 5.74) is -0.287. The Morgan fingerprint density at radius 3 is 2.68 bits per heavy atom. The normalized spacial score (nSPS) is 12.2. The predicted octanol–water partition coefficient (Wildman–Crippen LogP) is 3.45. The number of halogens is 2. The van der Waals surface area contributed by atoms with E-state index in [9.17, 15) is 13.6 Å². The highest BCUT2D eigenvalue weighted by atomic mass is 19.2. The molecule has 1 N–H and O–H groups in total. The fourth-order valence-corrected chi connectivity index (χ4v) is 1.94. The van der Waals surface area contributed by atoms with E-state index in [1.165, 1.54) is 6.07 Å². The van der Waals surface area contributed by atoms with Crippen molar-refractivity contribution in [2.45, 2.75) is 52.0 Å². The molecule has 1 unspecified atom stereocenters. The van der Waals surface area contributed by atoms with Crippen LogP contribution in [0.4, 0.5) is 8.78 Å². The van der Waals surface area contributed by atoms with Gasteiger partial charge in [-0.25, -0.2) is 9.37 Å². The Labute approximate surface area is 112 Å². The molecule has 1 amide bonds. The first-order valence-corrected chi connectivity index (χ1v) is 6.71. The van der Waals surface area contributed by atoms with Gasteiger partial charge < -0.3 is 5.32 Å². The smallest absolute Gasteiger partial charge is 0.254 e. The van der Waals surface area contributed by atoms with E-state index in [1.54, 1.807) is 0 Å². The van der Waals surface area contributed by atoms with E-state index < -0.39 is 17.7 Å². The first-order valence-electron chi connectivity index (χ1n) is 6.71. The predicted molar refractivity (Wildman–Crippen MR) is 69.8 cm³/mol. The highest BCUT2D eigenvalue weighted by Gasteiger charge is 2.18. The largest absolute Gasteiger partial charge is 0.349 e. The van der Waals surface area contributed by atoms with Crippen LogP contribution in [0.3, 0.4) is 0 Å². The summed E-state index contributed by atoms with van der Waals surface area (Å²) in [4.78, 5) is 15.1. The van der Waals surface area contributed by atoms with E-state index in [-0.39, 0.29) is 11.6 Å². The van der Waals surface area contributed by atoms with Gasteiger partial charge >= 0.3 is 0 Å². The highest BCUT2D eigenvalue weighted by Crippen LogP contribution is 2.12. The van der Waals surface area contributed by atoms with Crippen molar-refractivity contribution in [3.63, 3.8) is 0 Å². The number of aromatic nitrogens is 1. The van der Waals surface area contributed by atoms with Crippen molar-refractivity contribution >= 4 is 5.91 Å². The first-order chi connectivity index (χ1) is 9.10. The molecule has 0 saturated heterocycles. The molecule has 0 spiro atoms. The van der Waals surface area contributed by atoms with Crippen LogP contribution in [0.15, 0.2) is 12.3 Å². The fourth-order valence-electron chi connectivity index (χ4n) is 1.94. The Hall–Kier alpha value is -1.52. The van der Waals surface area contributed by atoms with Crippen molar-refractivity contribution in [2.75, 3.05) is 0 Å². The van der Waals surface area contributed by atoms with E-state index in [1.807, 2.05) is 6.92 Å². The minimum Gasteiger partial charge on any atom is -0.349 e. The fraction of sp³-hybridized carbons (Fsp3) is 0.571. The zero-order valence-corrected chi connectivity index (χ0v) is 11.4. The van der Waals surface area contributed by atoms with Crippen molar-refractivity contribution in [3.05, 3.63) is 29.6 Å². The van der Waals surface area contributed by atoms with Gasteiger partial charge in [0.2, 0.25) is 5.95 Å². The van der Waals surface area contributed by atoms with Crippen LogP contribution in [0, 0.1) is 11.8 Å². The molecule has 1 atom stereocenters. The number of carbonyl (C=O) groups excluding carboxylic acids is 1. The maximum absolute atomic E-state index is 13.4. The summed E-state index contributed by atoms with van der Waals surface area (Å²) in [7, 11) is 0. The average molecular weight is 270 g/mol. The third-order valence-corrected chi connectivity index (χ3v) is 2.97. The second-order valence-electron chi connectivity index (χ2n) is 4.56. The maximum Gasteiger partial charge on any atom is 0.254 e. The van der Waals surface area contributed by atoms with Gasteiger partial charge in [-0.15, -0.1) is 0 Å². The molecule has 19 heavy (non-hydrogen) atoms. The zero-order chi connectivity index (χ0) is 14.3. The molecule has 0 saturated carbocycles. The molecule has 0 bridgehead atoms. The lowest BCUT2D eigenvalue weighted by Gasteiger charge is -2.18. The number of rotatable bonds is 7. The average Bonchev–Trinajstić information content (AvgIpc) is 2.39. The molecule has 0 aromatic carbocycles. The van der Waals surface area contributed by atoms with Crippen LogP contribution in [0.5, 0.6) is 0 Å². The van der Waals surface area contributed by atoms with E-state index in [0.29, 0.717) is 0 Å². The number of nitrogens with zero attached hydrogens (tertiary/aromatic N) is 1. The van der Waals surface area contributed by atoms with Gasteiger partial charge in [0, 0.05) is 12.2 Å². The Morgan fingerprint density at radius 1 is 1.32 bits per heavy atom. The molecule has 0 radical (unpaired) electrons. The van der Waals surface area contributed by atoms with Crippen molar-refractivity contribution in [3.8, 4) is 0 Å². The van der Waals surface area contributed by atoms with E-state index in [4.69, 9.17) is 0 Å². The molecule has 0 fully saturated rings.